The molecule has 3 amide bonds. The number of nitrogens with zero attached hydrogens (tertiary/aromatic N) is 2. The van der Waals surface area contributed by atoms with Crippen molar-refractivity contribution in [2.45, 2.75) is 70.0 Å². The fraction of sp³-hybridized carbons (Fsp3) is 0.500. The van der Waals surface area contributed by atoms with Crippen LogP contribution in [0.4, 0.5) is 5.69 Å². The summed E-state index contributed by atoms with van der Waals surface area (Å²) >= 11 is 0. The number of carbonyl (C=O) groups is 3. The third-order valence-electron chi connectivity index (χ3n) is 8.35. The van der Waals surface area contributed by atoms with Crippen LogP contribution in [0.3, 0.4) is 0 Å². The van der Waals surface area contributed by atoms with Gasteiger partial charge in [-0.2, -0.15) is 0 Å². The number of hydrogen-bond acceptors (Lipinski definition) is 7. The number of aliphatic hydroxyl groups excluding tert-OH is 1. The summed E-state index contributed by atoms with van der Waals surface area (Å²) in [5.74, 6) is -0.494. The van der Waals surface area contributed by atoms with Gasteiger partial charge in [0, 0.05) is 56.0 Å². The first-order chi connectivity index (χ1) is 19.0. The van der Waals surface area contributed by atoms with Crippen LogP contribution in [0.1, 0.15) is 71.8 Å². The summed E-state index contributed by atoms with van der Waals surface area (Å²) in [5.41, 5.74) is 3.85. The van der Waals surface area contributed by atoms with Crippen molar-refractivity contribution in [3.05, 3.63) is 64.7 Å². The van der Waals surface area contributed by atoms with Crippen LogP contribution in [0, 0.1) is 5.92 Å². The van der Waals surface area contributed by atoms with Gasteiger partial charge in [-0.1, -0.05) is 30.3 Å². The Bertz CT molecular complexity index is 1240. The summed E-state index contributed by atoms with van der Waals surface area (Å²) in [6, 6.07) is 12.9. The normalized spacial score (nSPS) is 24.1. The first-order valence-electron chi connectivity index (χ1n) is 14.1. The molecule has 0 bridgehead atoms. The van der Waals surface area contributed by atoms with Crippen LogP contribution in [-0.2, 0) is 27.4 Å². The zero-order chi connectivity index (χ0) is 26.9. The highest BCUT2D eigenvalue weighted by atomic mass is 16.5. The molecule has 3 N–H and O–H groups in total. The molecule has 0 aromatic heterocycles. The summed E-state index contributed by atoms with van der Waals surface area (Å²) in [6.45, 7) is 4.53. The molecular formula is C30H36N4O5. The maximum absolute atomic E-state index is 13.1. The van der Waals surface area contributed by atoms with Crippen molar-refractivity contribution in [3.8, 4) is 0 Å². The lowest BCUT2D eigenvalue weighted by atomic mass is 10.0. The Morgan fingerprint density at radius 3 is 2.41 bits per heavy atom. The number of piperidine rings is 2. The third-order valence-corrected chi connectivity index (χ3v) is 8.35. The van der Waals surface area contributed by atoms with Gasteiger partial charge in [-0.15, -0.1) is 0 Å². The van der Waals surface area contributed by atoms with Gasteiger partial charge in [-0.05, 0) is 61.3 Å². The molecule has 6 rings (SSSR count). The number of nitrogens with one attached hydrogen (secondary N) is 2. The van der Waals surface area contributed by atoms with Gasteiger partial charge >= 0.3 is 0 Å². The van der Waals surface area contributed by atoms with Gasteiger partial charge in [0.25, 0.3) is 5.91 Å². The van der Waals surface area contributed by atoms with E-state index in [4.69, 9.17) is 4.74 Å². The Morgan fingerprint density at radius 1 is 0.949 bits per heavy atom. The molecular weight excluding hydrogens is 496 g/mol. The quantitative estimate of drug-likeness (QED) is 0.426. The summed E-state index contributed by atoms with van der Waals surface area (Å²) in [5, 5.41) is 16.7. The molecule has 206 valence electrons. The number of anilines is 1. The highest BCUT2D eigenvalue weighted by molar-refractivity contribution is 6.06. The number of imide groups is 1. The Labute approximate surface area is 228 Å². The summed E-state index contributed by atoms with van der Waals surface area (Å²) in [4.78, 5) is 40.7. The standard InChI is InChI=1S/C30H36N4O5/c35-26-11-10-25(28(36)32-26)34-29(37)23-2-1-3-24(27(23)30(34)38)31-16-19-4-6-20(7-5-19)17-33-14-12-22(13-15-33)39-18-21-8-9-21/h1-7,21-22,25,30-31,38H,8-18H2,(H,32,35,36). The maximum atomic E-state index is 13.1. The van der Waals surface area contributed by atoms with E-state index in [0.717, 1.165) is 50.6 Å². The molecule has 39 heavy (non-hydrogen) atoms. The smallest absolute Gasteiger partial charge is 0.257 e. The first kappa shape index (κ1) is 26.0. The van der Waals surface area contributed by atoms with Gasteiger partial charge in [0.15, 0.2) is 6.23 Å². The number of hydrogen-bond donors (Lipinski definition) is 3. The minimum Gasteiger partial charge on any atom is -0.381 e. The van der Waals surface area contributed by atoms with Crippen molar-refractivity contribution in [1.29, 1.82) is 0 Å². The largest absolute Gasteiger partial charge is 0.381 e. The van der Waals surface area contributed by atoms with Crippen LogP contribution in [0.2, 0.25) is 0 Å². The molecule has 9 nitrogen and oxygen atoms in total. The van der Waals surface area contributed by atoms with E-state index in [1.807, 2.05) is 6.07 Å². The van der Waals surface area contributed by atoms with E-state index in [1.165, 1.54) is 23.3 Å². The van der Waals surface area contributed by atoms with Crippen LogP contribution >= 0.6 is 0 Å². The van der Waals surface area contributed by atoms with E-state index in [9.17, 15) is 19.5 Å². The zero-order valence-electron chi connectivity index (χ0n) is 22.1. The average Bonchev–Trinajstić information content (AvgIpc) is 3.74. The van der Waals surface area contributed by atoms with Gasteiger partial charge in [-0.3, -0.25) is 29.5 Å². The topological polar surface area (TPSA) is 111 Å². The molecule has 3 heterocycles. The SMILES string of the molecule is O=C1CCC(N2C(=O)c3cccc(NCc4ccc(CN5CCC(OCC6CC6)CC5)cc4)c3C2O)C(=O)N1. The Balaban J connectivity index is 1.04. The van der Waals surface area contributed by atoms with Gasteiger partial charge in [0.1, 0.15) is 6.04 Å². The zero-order valence-corrected chi connectivity index (χ0v) is 22.1. The molecule has 1 saturated carbocycles. The van der Waals surface area contributed by atoms with Crippen LogP contribution in [0.5, 0.6) is 0 Å². The van der Waals surface area contributed by atoms with E-state index in [1.54, 1.807) is 12.1 Å². The molecule has 2 atom stereocenters. The molecule has 3 aliphatic heterocycles. The lowest BCUT2D eigenvalue weighted by molar-refractivity contribution is -0.139. The number of fused-ring (bicyclic) bond motifs is 1. The lowest BCUT2D eigenvalue weighted by Gasteiger charge is -2.32. The second-order valence-corrected chi connectivity index (χ2v) is 11.2. The van der Waals surface area contributed by atoms with Crippen molar-refractivity contribution >= 4 is 23.4 Å². The Hall–Kier alpha value is -3.27. The van der Waals surface area contributed by atoms with Gasteiger partial charge in [-0.25, -0.2) is 0 Å². The fourth-order valence-electron chi connectivity index (χ4n) is 5.84. The Kier molecular flexibility index (Phi) is 7.38. The fourth-order valence-corrected chi connectivity index (χ4v) is 5.84. The number of rotatable bonds is 9. The van der Waals surface area contributed by atoms with E-state index in [0.29, 0.717) is 29.5 Å². The third kappa shape index (κ3) is 5.71. The summed E-state index contributed by atoms with van der Waals surface area (Å²) in [7, 11) is 0. The number of amides is 3. The molecule has 4 aliphatic rings. The number of aliphatic hydroxyl groups is 1. The summed E-state index contributed by atoms with van der Waals surface area (Å²) < 4.78 is 6.07. The second kappa shape index (κ2) is 11.1. The molecule has 2 saturated heterocycles. The van der Waals surface area contributed by atoms with Gasteiger partial charge < -0.3 is 15.2 Å². The van der Waals surface area contributed by atoms with Crippen molar-refractivity contribution in [2.75, 3.05) is 25.0 Å². The molecule has 0 radical (unpaired) electrons. The summed E-state index contributed by atoms with van der Waals surface area (Å²) in [6.07, 6.45) is 4.37. The van der Waals surface area contributed by atoms with E-state index >= 15 is 0 Å². The first-order valence-corrected chi connectivity index (χ1v) is 14.1. The van der Waals surface area contributed by atoms with Crippen LogP contribution in [0.15, 0.2) is 42.5 Å². The highest BCUT2D eigenvalue weighted by Crippen LogP contribution is 2.39. The molecule has 1 aliphatic carbocycles. The number of ether oxygens (including phenoxy) is 1. The molecule has 9 heteroatoms. The van der Waals surface area contributed by atoms with Crippen molar-refractivity contribution in [1.82, 2.24) is 15.1 Å². The molecule has 2 aromatic rings. The lowest BCUT2D eigenvalue weighted by Crippen LogP contribution is -2.53. The van der Waals surface area contributed by atoms with Gasteiger partial charge in [0.2, 0.25) is 11.8 Å². The van der Waals surface area contributed by atoms with Crippen LogP contribution in [0.25, 0.3) is 0 Å². The van der Waals surface area contributed by atoms with E-state index in [2.05, 4.69) is 39.8 Å². The maximum Gasteiger partial charge on any atom is 0.257 e. The Morgan fingerprint density at radius 2 is 1.69 bits per heavy atom. The minimum absolute atomic E-state index is 0.136. The van der Waals surface area contributed by atoms with Crippen molar-refractivity contribution in [3.63, 3.8) is 0 Å². The van der Waals surface area contributed by atoms with E-state index < -0.39 is 24.1 Å². The van der Waals surface area contributed by atoms with Crippen LogP contribution < -0.4 is 10.6 Å². The predicted octanol–water partition coefficient (Wildman–Crippen LogP) is 2.94. The average molecular weight is 533 g/mol. The minimum atomic E-state index is -1.26. The molecule has 2 unspecified atom stereocenters. The number of likely N-dealkylation sites (tertiary alicyclic amines) is 1. The monoisotopic (exact) mass is 532 g/mol. The molecule has 3 fully saturated rings. The van der Waals surface area contributed by atoms with Gasteiger partial charge in [0.05, 0.1) is 6.10 Å². The predicted molar refractivity (Wildman–Crippen MR) is 144 cm³/mol. The van der Waals surface area contributed by atoms with E-state index in [-0.39, 0.29) is 18.7 Å². The number of carbonyl (C=O) groups excluding carboxylic acids is 3. The van der Waals surface area contributed by atoms with Crippen molar-refractivity contribution in [2.24, 2.45) is 5.92 Å². The molecule has 2 aromatic carbocycles. The molecule has 0 spiro atoms. The number of benzene rings is 2. The highest BCUT2D eigenvalue weighted by Gasteiger charge is 2.45. The van der Waals surface area contributed by atoms with Crippen molar-refractivity contribution < 1.29 is 24.2 Å². The second-order valence-electron chi connectivity index (χ2n) is 11.2. The van der Waals surface area contributed by atoms with Crippen LogP contribution in [-0.4, -0.2) is 64.5 Å².